The number of nitroso groups, excluding NO2 is 1. The quantitative estimate of drug-likeness (QED) is 0.336. The van der Waals surface area contributed by atoms with Gasteiger partial charge in [-0.3, -0.25) is 0 Å². The number of rotatable bonds is 3. The second kappa shape index (κ2) is 3.66. The van der Waals surface area contributed by atoms with E-state index in [9.17, 15) is 4.91 Å². The van der Waals surface area contributed by atoms with Gasteiger partial charge in [0.2, 0.25) is 0 Å². The molecule has 0 amide bonds. The molecule has 7 heavy (non-hydrogen) atoms. The van der Waals surface area contributed by atoms with Gasteiger partial charge in [-0.1, -0.05) is 0 Å². The van der Waals surface area contributed by atoms with E-state index in [1.807, 2.05) is 0 Å². The third-order valence-electron chi connectivity index (χ3n) is 0.432. The highest BCUT2D eigenvalue weighted by Gasteiger charge is 1.92. The molecule has 5 heteroatoms. The lowest BCUT2D eigenvalue weighted by Gasteiger charge is -1.98. The van der Waals surface area contributed by atoms with Crippen LogP contribution in [0.2, 0.25) is 0 Å². The van der Waals surface area contributed by atoms with Crippen LogP contribution in [0.1, 0.15) is 6.92 Å². The Morgan fingerprint density at radius 2 is 2.43 bits per heavy atom. The standard InChI is InChI=1S/C2H7N3O2/c1-2(4-6)3-5-7/h2-3,5,7H,1H3. The minimum absolute atomic E-state index is 0.593. The Bertz CT molecular complexity index is 56.9. The van der Waals surface area contributed by atoms with Gasteiger partial charge in [-0.05, 0) is 12.1 Å². The molecule has 3 N–H and O–H groups in total. The molecule has 0 rings (SSSR count). The summed E-state index contributed by atoms with van der Waals surface area (Å²) in [5.74, 6) is 0. The number of hydrogen-bond acceptors (Lipinski definition) is 5. The number of hydrazine groups is 1. The fraction of sp³-hybridized carbons (Fsp3) is 1.00. The lowest BCUT2D eigenvalue weighted by Crippen LogP contribution is -2.34. The Kier molecular flexibility index (Phi) is 3.39. The second-order valence-electron chi connectivity index (χ2n) is 1.04. The minimum Gasteiger partial charge on any atom is -0.302 e. The van der Waals surface area contributed by atoms with Crippen LogP contribution in [0.5, 0.6) is 0 Å². The van der Waals surface area contributed by atoms with Crippen molar-refractivity contribution in [1.82, 2.24) is 11.0 Å². The smallest absolute Gasteiger partial charge is 0.153 e. The van der Waals surface area contributed by atoms with Crippen LogP contribution in [0, 0.1) is 4.91 Å². The van der Waals surface area contributed by atoms with Gasteiger partial charge in [0.1, 0.15) is 0 Å². The van der Waals surface area contributed by atoms with E-state index >= 15 is 0 Å². The molecule has 0 bridgehead atoms. The molecule has 0 spiro atoms. The van der Waals surface area contributed by atoms with Crippen molar-refractivity contribution < 1.29 is 5.21 Å². The minimum atomic E-state index is -0.593. The van der Waals surface area contributed by atoms with Gasteiger partial charge in [0, 0.05) is 0 Å². The van der Waals surface area contributed by atoms with Crippen LogP contribution in [0.15, 0.2) is 5.18 Å². The van der Waals surface area contributed by atoms with Gasteiger partial charge in [0.25, 0.3) is 0 Å². The van der Waals surface area contributed by atoms with Gasteiger partial charge in [-0.25, -0.2) is 5.43 Å². The molecule has 0 fully saturated rings. The summed E-state index contributed by atoms with van der Waals surface area (Å²) in [7, 11) is 0. The first-order valence-corrected chi connectivity index (χ1v) is 1.78. The Hall–Kier alpha value is -0.520. The van der Waals surface area contributed by atoms with Crippen LogP contribution < -0.4 is 11.0 Å². The molecule has 0 heterocycles. The molecule has 0 aliphatic heterocycles. The predicted molar refractivity (Wildman–Crippen MR) is 23.3 cm³/mol. The van der Waals surface area contributed by atoms with Crippen LogP contribution in [-0.2, 0) is 0 Å². The molecular formula is C2H7N3O2. The largest absolute Gasteiger partial charge is 0.302 e. The molecule has 0 aromatic rings. The predicted octanol–water partition coefficient (Wildman–Crippen LogP) is -0.418. The highest BCUT2D eigenvalue weighted by molar-refractivity contribution is 4.45. The first kappa shape index (κ1) is 6.48. The fourth-order valence-corrected chi connectivity index (χ4v) is 0.120. The maximum atomic E-state index is 9.43. The van der Waals surface area contributed by atoms with E-state index < -0.39 is 6.17 Å². The van der Waals surface area contributed by atoms with E-state index in [4.69, 9.17) is 5.21 Å². The molecule has 5 nitrogen and oxygen atoms in total. The van der Waals surface area contributed by atoms with Gasteiger partial charge in [-0.15, -0.1) is 10.5 Å². The monoisotopic (exact) mass is 105 g/mol. The van der Waals surface area contributed by atoms with Crippen molar-refractivity contribution in [2.45, 2.75) is 13.1 Å². The topological polar surface area (TPSA) is 73.7 Å². The molecule has 0 aliphatic carbocycles. The normalized spacial score (nSPS) is 13.4. The zero-order valence-electron chi connectivity index (χ0n) is 3.88. The van der Waals surface area contributed by atoms with Crippen molar-refractivity contribution in [2.75, 3.05) is 0 Å². The van der Waals surface area contributed by atoms with Gasteiger partial charge in [0.05, 0.1) is 0 Å². The summed E-state index contributed by atoms with van der Waals surface area (Å²) < 4.78 is 0. The van der Waals surface area contributed by atoms with Gasteiger partial charge in [0.15, 0.2) is 6.17 Å². The molecule has 1 unspecified atom stereocenters. The third kappa shape index (κ3) is 3.31. The molecule has 1 atom stereocenters. The van der Waals surface area contributed by atoms with Crippen molar-refractivity contribution in [3.63, 3.8) is 0 Å². The summed E-state index contributed by atoms with van der Waals surface area (Å²) in [4.78, 5) is 9.43. The Balaban J connectivity index is 2.98. The zero-order valence-corrected chi connectivity index (χ0v) is 3.88. The molecule has 0 saturated carbocycles. The van der Waals surface area contributed by atoms with Crippen molar-refractivity contribution in [3.05, 3.63) is 4.91 Å². The zero-order chi connectivity index (χ0) is 5.70. The summed E-state index contributed by atoms with van der Waals surface area (Å²) in [5, 5.41) is 10.3. The Morgan fingerprint density at radius 1 is 1.86 bits per heavy atom. The summed E-state index contributed by atoms with van der Waals surface area (Å²) in [6.45, 7) is 1.50. The maximum Gasteiger partial charge on any atom is 0.153 e. The van der Waals surface area contributed by atoms with Crippen LogP contribution in [0.25, 0.3) is 0 Å². The Morgan fingerprint density at radius 3 is 2.57 bits per heavy atom. The van der Waals surface area contributed by atoms with E-state index in [2.05, 4.69) is 10.6 Å². The third-order valence-corrected chi connectivity index (χ3v) is 0.432. The lowest BCUT2D eigenvalue weighted by molar-refractivity contribution is 0.108. The van der Waals surface area contributed by atoms with Gasteiger partial charge >= 0.3 is 0 Å². The van der Waals surface area contributed by atoms with Crippen LogP contribution >= 0.6 is 0 Å². The first-order chi connectivity index (χ1) is 3.31. The first-order valence-electron chi connectivity index (χ1n) is 1.78. The van der Waals surface area contributed by atoms with E-state index in [0.717, 1.165) is 0 Å². The van der Waals surface area contributed by atoms with Crippen LogP contribution in [-0.4, -0.2) is 11.4 Å². The molecule has 0 aromatic carbocycles. The summed E-state index contributed by atoms with van der Waals surface area (Å²) >= 11 is 0. The van der Waals surface area contributed by atoms with Gasteiger partial charge in [-0.2, -0.15) is 0 Å². The van der Waals surface area contributed by atoms with E-state index in [1.54, 1.807) is 5.59 Å². The molecule has 42 valence electrons. The van der Waals surface area contributed by atoms with Crippen molar-refractivity contribution in [2.24, 2.45) is 5.18 Å². The maximum absolute atomic E-state index is 9.43. The molecule has 0 aromatic heterocycles. The SMILES string of the molecule is CC(N=O)NNO. The highest BCUT2D eigenvalue weighted by Crippen LogP contribution is 1.74. The molecule has 0 radical (unpaired) electrons. The Labute approximate surface area is 40.6 Å². The second-order valence-corrected chi connectivity index (χ2v) is 1.04. The fourth-order valence-electron chi connectivity index (χ4n) is 0.120. The number of nitrogens with one attached hydrogen (secondary N) is 2. The summed E-state index contributed by atoms with van der Waals surface area (Å²) in [5.41, 5.74) is 3.70. The lowest BCUT2D eigenvalue weighted by atomic mass is 10.6. The number of hydrogen-bond donors (Lipinski definition) is 3. The van der Waals surface area contributed by atoms with Crippen molar-refractivity contribution in [1.29, 1.82) is 0 Å². The van der Waals surface area contributed by atoms with E-state index in [1.165, 1.54) is 6.92 Å². The van der Waals surface area contributed by atoms with Crippen molar-refractivity contribution in [3.8, 4) is 0 Å². The van der Waals surface area contributed by atoms with Gasteiger partial charge < -0.3 is 5.21 Å². The average Bonchev–Trinajstić information content (AvgIpc) is 1.68. The number of nitrogens with zero attached hydrogens (tertiary/aromatic N) is 1. The summed E-state index contributed by atoms with van der Waals surface area (Å²) in [6, 6.07) is 0. The molecule has 0 saturated heterocycles. The highest BCUT2D eigenvalue weighted by atomic mass is 16.5. The van der Waals surface area contributed by atoms with Crippen molar-refractivity contribution >= 4 is 0 Å². The van der Waals surface area contributed by atoms with E-state index in [0.29, 0.717) is 0 Å². The molecule has 0 aliphatic rings. The van der Waals surface area contributed by atoms with E-state index in [-0.39, 0.29) is 0 Å². The molecular weight excluding hydrogens is 98.0 g/mol. The van der Waals surface area contributed by atoms with Crippen LogP contribution in [0.4, 0.5) is 0 Å². The average molecular weight is 105 g/mol. The summed E-state index contributed by atoms with van der Waals surface area (Å²) in [6.07, 6.45) is -0.593. The van der Waals surface area contributed by atoms with Crippen LogP contribution in [0.3, 0.4) is 0 Å².